The predicted octanol–water partition coefficient (Wildman–Crippen LogP) is 0.289. The first-order valence-electron chi connectivity index (χ1n) is 4.46. The molecular formula is C9H15NO4. The van der Waals surface area contributed by atoms with E-state index in [-0.39, 0.29) is 31.1 Å². The lowest BCUT2D eigenvalue weighted by atomic mass is 10.2. The summed E-state index contributed by atoms with van der Waals surface area (Å²) in [6.45, 7) is 3.16. The molecule has 0 aliphatic carbocycles. The molecule has 0 aromatic heterocycles. The number of carboxylic acid groups (broad SMARTS) is 1. The van der Waals surface area contributed by atoms with Gasteiger partial charge in [0.2, 0.25) is 5.91 Å². The van der Waals surface area contributed by atoms with E-state index in [0.29, 0.717) is 6.54 Å². The predicted molar refractivity (Wildman–Crippen MR) is 49.8 cm³/mol. The molecule has 1 amide bonds. The third kappa shape index (κ3) is 5.29. The van der Waals surface area contributed by atoms with E-state index in [0.717, 1.165) is 0 Å². The molecule has 0 heterocycles. The zero-order chi connectivity index (χ0) is 11.1. The number of likely N-dealkylation sites (N-methyl/N-ethyl adjacent to an activating group) is 1. The second-order valence-corrected chi connectivity index (χ2v) is 3.00. The normalized spacial score (nSPS) is 9.57. The van der Waals surface area contributed by atoms with Crippen LogP contribution in [0.3, 0.4) is 0 Å². The van der Waals surface area contributed by atoms with E-state index in [1.807, 2.05) is 0 Å². The molecule has 1 N–H and O–H groups in total. The van der Waals surface area contributed by atoms with Gasteiger partial charge >= 0.3 is 5.97 Å². The number of hydrogen-bond acceptors (Lipinski definition) is 3. The third-order valence-electron chi connectivity index (χ3n) is 1.75. The van der Waals surface area contributed by atoms with Crippen LogP contribution in [0.4, 0.5) is 0 Å². The smallest absolute Gasteiger partial charge is 0.323 e. The molecular weight excluding hydrogens is 186 g/mol. The Morgan fingerprint density at radius 2 is 1.79 bits per heavy atom. The van der Waals surface area contributed by atoms with Crippen molar-refractivity contribution in [2.45, 2.75) is 26.7 Å². The summed E-state index contributed by atoms with van der Waals surface area (Å²) in [5, 5.41) is 8.48. The summed E-state index contributed by atoms with van der Waals surface area (Å²) < 4.78 is 0. The van der Waals surface area contributed by atoms with E-state index in [1.54, 1.807) is 6.92 Å². The van der Waals surface area contributed by atoms with Gasteiger partial charge in [-0.2, -0.15) is 0 Å². The van der Waals surface area contributed by atoms with Crippen molar-refractivity contribution in [3.63, 3.8) is 0 Å². The quantitative estimate of drug-likeness (QED) is 0.670. The lowest BCUT2D eigenvalue weighted by Crippen LogP contribution is -2.35. The second kappa shape index (κ2) is 6.12. The average molecular weight is 201 g/mol. The molecule has 5 nitrogen and oxygen atoms in total. The highest BCUT2D eigenvalue weighted by Gasteiger charge is 2.14. The molecule has 14 heavy (non-hydrogen) atoms. The number of carboxylic acids is 1. The summed E-state index contributed by atoms with van der Waals surface area (Å²) in [4.78, 5) is 33.5. The maximum Gasteiger partial charge on any atom is 0.323 e. The summed E-state index contributed by atoms with van der Waals surface area (Å²) in [6, 6.07) is 0. The first kappa shape index (κ1) is 12.6. The van der Waals surface area contributed by atoms with Gasteiger partial charge in [0, 0.05) is 19.4 Å². The average Bonchev–Trinajstić information content (AvgIpc) is 2.09. The van der Waals surface area contributed by atoms with Crippen LogP contribution in [0.5, 0.6) is 0 Å². The number of rotatable bonds is 6. The number of hydrogen-bond donors (Lipinski definition) is 1. The lowest BCUT2D eigenvalue weighted by Gasteiger charge is -2.17. The maximum absolute atomic E-state index is 11.3. The number of Topliss-reactive ketones (excluding diaryl/α,β-unsaturated/α-hetero) is 1. The molecule has 0 aliphatic heterocycles. The first-order chi connectivity index (χ1) is 6.47. The Morgan fingerprint density at radius 1 is 1.21 bits per heavy atom. The van der Waals surface area contributed by atoms with Crippen molar-refractivity contribution in [2.75, 3.05) is 13.1 Å². The molecule has 0 fully saturated rings. The van der Waals surface area contributed by atoms with Crippen LogP contribution in [0.25, 0.3) is 0 Å². The van der Waals surface area contributed by atoms with Gasteiger partial charge in [-0.05, 0) is 13.8 Å². The molecule has 0 spiro atoms. The van der Waals surface area contributed by atoms with Gasteiger partial charge in [-0.25, -0.2) is 0 Å². The molecule has 0 saturated heterocycles. The van der Waals surface area contributed by atoms with Crippen LogP contribution < -0.4 is 0 Å². The highest BCUT2D eigenvalue weighted by atomic mass is 16.4. The molecule has 0 bridgehead atoms. The Kier molecular flexibility index (Phi) is 5.52. The monoisotopic (exact) mass is 201 g/mol. The van der Waals surface area contributed by atoms with Crippen molar-refractivity contribution in [3.8, 4) is 0 Å². The number of ketones is 1. The largest absolute Gasteiger partial charge is 0.480 e. The van der Waals surface area contributed by atoms with Crippen LogP contribution >= 0.6 is 0 Å². The van der Waals surface area contributed by atoms with Gasteiger partial charge in [0.15, 0.2) is 0 Å². The van der Waals surface area contributed by atoms with E-state index in [2.05, 4.69) is 0 Å². The van der Waals surface area contributed by atoms with E-state index < -0.39 is 5.97 Å². The summed E-state index contributed by atoms with van der Waals surface area (Å²) in [6.07, 6.45) is 0.269. The van der Waals surface area contributed by atoms with Crippen molar-refractivity contribution < 1.29 is 19.5 Å². The van der Waals surface area contributed by atoms with Gasteiger partial charge < -0.3 is 14.8 Å². The third-order valence-corrected chi connectivity index (χ3v) is 1.75. The molecule has 0 rings (SSSR count). The van der Waals surface area contributed by atoms with Crippen molar-refractivity contribution in [1.29, 1.82) is 0 Å². The molecule has 0 atom stereocenters. The summed E-state index contributed by atoms with van der Waals surface area (Å²) >= 11 is 0. The Bertz CT molecular complexity index is 237. The van der Waals surface area contributed by atoms with Crippen molar-refractivity contribution in [3.05, 3.63) is 0 Å². The number of carbonyl (C=O) groups is 3. The van der Waals surface area contributed by atoms with Gasteiger partial charge in [-0.15, -0.1) is 0 Å². The van der Waals surface area contributed by atoms with E-state index in [9.17, 15) is 14.4 Å². The topological polar surface area (TPSA) is 74.7 Å². The van der Waals surface area contributed by atoms with E-state index in [4.69, 9.17) is 5.11 Å². The van der Waals surface area contributed by atoms with Gasteiger partial charge in [0.05, 0.1) is 0 Å². The molecule has 0 radical (unpaired) electrons. The highest BCUT2D eigenvalue weighted by molar-refractivity contribution is 5.85. The highest BCUT2D eigenvalue weighted by Crippen LogP contribution is 1.98. The van der Waals surface area contributed by atoms with Gasteiger partial charge in [0.25, 0.3) is 0 Å². The number of carbonyl (C=O) groups excluding carboxylic acids is 2. The standard InChI is InChI=1S/C9H15NO4/c1-3-10(6-9(13)14)8(12)5-4-7(2)11/h3-6H2,1-2H3,(H,13,14). The summed E-state index contributed by atoms with van der Waals surface area (Å²) in [7, 11) is 0. The molecule has 5 heteroatoms. The molecule has 0 aromatic carbocycles. The SMILES string of the molecule is CCN(CC(=O)O)C(=O)CCC(C)=O. The first-order valence-corrected chi connectivity index (χ1v) is 4.46. The Hall–Kier alpha value is -1.39. The molecule has 0 saturated carbocycles. The van der Waals surface area contributed by atoms with Gasteiger partial charge in [-0.3, -0.25) is 9.59 Å². The van der Waals surface area contributed by atoms with Crippen LogP contribution in [0.2, 0.25) is 0 Å². The van der Waals surface area contributed by atoms with Gasteiger partial charge in [0.1, 0.15) is 12.3 Å². The van der Waals surface area contributed by atoms with Crippen molar-refractivity contribution in [1.82, 2.24) is 4.90 Å². The summed E-state index contributed by atoms with van der Waals surface area (Å²) in [5.74, 6) is -1.39. The second-order valence-electron chi connectivity index (χ2n) is 3.00. The molecule has 0 aliphatic rings. The minimum absolute atomic E-state index is 0.0651. The molecule has 80 valence electrons. The van der Waals surface area contributed by atoms with Crippen LogP contribution in [0.1, 0.15) is 26.7 Å². The Balaban J connectivity index is 4.04. The maximum atomic E-state index is 11.3. The molecule has 0 unspecified atom stereocenters. The fraction of sp³-hybridized carbons (Fsp3) is 0.667. The molecule has 0 aromatic rings. The fourth-order valence-electron chi connectivity index (χ4n) is 0.981. The Labute approximate surface area is 82.7 Å². The number of aliphatic carboxylic acids is 1. The minimum atomic E-state index is -1.04. The van der Waals surface area contributed by atoms with Gasteiger partial charge in [-0.1, -0.05) is 0 Å². The fourth-order valence-corrected chi connectivity index (χ4v) is 0.981. The number of nitrogens with zero attached hydrogens (tertiary/aromatic N) is 1. The van der Waals surface area contributed by atoms with Crippen LogP contribution in [0, 0.1) is 0 Å². The van der Waals surface area contributed by atoms with Crippen molar-refractivity contribution in [2.24, 2.45) is 0 Å². The van der Waals surface area contributed by atoms with Crippen LogP contribution in [-0.2, 0) is 14.4 Å². The number of amides is 1. The van der Waals surface area contributed by atoms with E-state index >= 15 is 0 Å². The minimum Gasteiger partial charge on any atom is -0.480 e. The lowest BCUT2D eigenvalue weighted by molar-refractivity contribution is -0.144. The van der Waals surface area contributed by atoms with Crippen LogP contribution in [0.15, 0.2) is 0 Å². The van der Waals surface area contributed by atoms with Crippen molar-refractivity contribution >= 4 is 17.7 Å². The zero-order valence-corrected chi connectivity index (χ0v) is 8.45. The van der Waals surface area contributed by atoms with E-state index in [1.165, 1.54) is 11.8 Å². The zero-order valence-electron chi connectivity index (χ0n) is 8.45. The van der Waals surface area contributed by atoms with Crippen LogP contribution in [-0.4, -0.2) is 40.8 Å². The Morgan fingerprint density at radius 3 is 2.14 bits per heavy atom. The summed E-state index contributed by atoms with van der Waals surface area (Å²) in [5.41, 5.74) is 0.